The second kappa shape index (κ2) is 7.03. The monoisotopic (exact) mass is 294 g/mol. The van der Waals surface area contributed by atoms with Gasteiger partial charge in [-0.3, -0.25) is 9.78 Å². The van der Waals surface area contributed by atoms with Gasteiger partial charge in [0.1, 0.15) is 0 Å². The third-order valence-corrected chi connectivity index (χ3v) is 3.15. The lowest BCUT2D eigenvalue weighted by Crippen LogP contribution is -2.22. The molecule has 1 N–H and O–H groups in total. The van der Waals surface area contributed by atoms with E-state index < -0.39 is 0 Å². The van der Waals surface area contributed by atoms with E-state index in [9.17, 15) is 4.79 Å². The minimum atomic E-state index is -0.0665. The van der Waals surface area contributed by atoms with Crippen molar-refractivity contribution >= 4 is 12.0 Å². The van der Waals surface area contributed by atoms with Crippen molar-refractivity contribution in [2.75, 3.05) is 0 Å². The van der Waals surface area contributed by atoms with Crippen LogP contribution in [0.1, 0.15) is 42.3 Å². The van der Waals surface area contributed by atoms with Crippen molar-refractivity contribution in [1.29, 1.82) is 0 Å². The molecule has 3 heteroatoms. The molecule has 0 aliphatic heterocycles. The third kappa shape index (κ3) is 5.17. The van der Waals surface area contributed by atoms with Gasteiger partial charge in [0.05, 0.1) is 0 Å². The first-order chi connectivity index (χ1) is 10.4. The standard InChI is InChI=1S/C19H22N2O/c1-19(2,3)11-8-15-4-6-17(7-5-15)18(22)21-14-16-9-12-20-13-10-16/h4-13H,14H2,1-3H3,(H,21,22). The molecule has 1 amide bonds. The fraction of sp³-hybridized carbons (Fsp3) is 0.263. The fourth-order valence-electron chi connectivity index (χ4n) is 1.88. The first-order valence-corrected chi connectivity index (χ1v) is 7.40. The lowest BCUT2D eigenvalue weighted by atomic mass is 9.95. The van der Waals surface area contributed by atoms with Gasteiger partial charge in [-0.05, 0) is 40.8 Å². The Morgan fingerprint density at radius 2 is 1.73 bits per heavy atom. The Labute approximate surface area is 132 Å². The van der Waals surface area contributed by atoms with Gasteiger partial charge in [-0.25, -0.2) is 0 Å². The van der Waals surface area contributed by atoms with Gasteiger partial charge in [0.15, 0.2) is 0 Å². The second-order valence-corrected chi connectivity index (χ2v) is 6.36. The van der Waals surface area contributed by atoms with E-state index in [0.717, 1.165) is 11.1 Å². The Hall–Kier alpha value is -2.42. The van der Waals surface area contributed by atoms with E-state index in [1.807, 2.05) is 36.4 Å². The van der Waals surface area contributed by atoms with E-state index in [-0.39, 0.29) is 11.3 Å². The normalized spacial score (nSPS) is 11.6. The summed E-state index contributed by atoms with van der Waals surface area (Å²) in [6, 6.07) is 11.4. The Kier molecular flexibility index (Phi) is 5.10. The SMILES string of the molecule is CC(C)(C)C=Cc1ccc(C(=O)NCc2ccncc2)cc1. The molecule has 0 bridgehead atoms. The summed E-state index contributed by atoms with van der Waals surface area (Å²) in [7, 11) is 0. The van der Waals surface area contributed by atoms with Crippen LogP contribution in [0.5, 0.6) is 0 Å². The van der Waals surface area contributed by atoms with Crippen LogP contribution in [0.15, 0.2) is 54.9 Å². The molecule has 0 spiro atoms. The summed E-state index contributed by atoms with van der Waals surface area (Å²) in [5.74, 6) is -0.0665. The fourth-order valence-corrected chi connectivity index (χ4v) is 1.88. The third-order valence-electron chi connectivity index (χ3n) is 3.15. The maximum atomic E-state index is 12.1. The molecule has 0 unspecified atom stereocenters. The molecule has 0 saturated heterocycles. The van der Waals surface area contributed by atoms with Crippen molar-refractivity contribution in [3.63, 3.8) is 0 Å². The van der Waals surface area contributed by atoms with E-state index in [4.69, 9.17) is 0 Å². The highest BCUT2D eigenvalue weighted by atomic mass is 16.1. The molecular formula is C19H22N2O. The highest BCUT2D eigenvalue weighted by Gasteiger charge is 2.06. The van der Waals surface area contributed by atoms with E-state index in [2.05, 4.69) is 43.2 Å². The number of rotatable bonds is 4. The van der Waals surface area contributed by atoms with Gasteiger partial charge in [-0.15, -0.1) is 0 Å². The van der Waals surface area contributed by atoms with Crippen LogP contribution in [-0.2, 0) is 6.54 Å². The number of nitrogens with one attached hydrogen (secondary N) is 1. The van der Waals surface area contributed by atoms with E-state index in [1.54, 1.807) is 12.4 Å². The van der Waals surface area contributed by atoms with Gasteiger partial charge in [0.2, 0.25) is 0 Å². The zero-order valence-corrected chi connectivity index (χ0v) is 13.3. The number of hydrogen-bond donors (Lipinski definition) is 1. The maximum absolute atomic E-state index is 12.1. The minimum Gasteiger partial charge on any atom is -0.348 e. The highest BCUT2D eigenvalue weighted by Crippen LogP contribution is 2.17. The van der Waals surface area contributed by atoms with E-state index in [0.29, 0.717) is 12.1 Å². The number of benzene rings is 1. The van der Waals surface area contributed by atoms with Crippen LogP contribution in [0.2, 0.25) is 0 Å². The predicted octanol–water partition coefficient (Wildman–Crippen LogP) is 4.07. The first-order valence-electron chi connectivity index (χ1n) is 7.40. The van der Waals surface area contributed by atoms with Gasteiger partial charge in [-0.1, -0.05) is 45.1 Å². The summed E-state index contributed by atoms with van der Waals surface area (Å²) < 4.78 is 0. The second-order valence-electron chi connectivity index (χ2n) is 6.36. The molecule has 1 aromatic heterocycles. The van der Waals surface area contributed by atoms with Crippen LogP contribution in [0.25, 0.3) is 6.08 Å². The van der Waals surface area contributed by atoms with Crippen molar-refractivity contribution in [1.82, 2.24) is 10.3 Å². The van der Waals surface area contributed by atoms with Gasteiger partial charge in [0, 0.05) is 24.5 Å². The molecule has 2 aromatic rings. The summed E-state index contributed by atoms with van der Waals surface area (Å²) in [5.41, 5.74) is 2.95. The van der Waals surface area contributed by atoms with Gasteiger partial charge < -0.3 is 5.32 Å². The summed E-state index contributed by atoms with van der Waals surface area (Å²) in [4.78, 5) is 16.1. The van der Waals surface area contributed by atoms with Crippen LogP contribution in [0, 0.1) is 5.41 Å². The van der Waals surface area contributed by atoms with Crippen LogP contribution in [0.4, 0.5) is 0 Å². The van der Waals surface area contributed by atoms with Gasteiger partial charge >= 0.3 is 0 Å². The van der Waals surface area contributed by atoms with E-state index >= 15 is 0 Å². The number of pyridine rings is 1. The maximum Gasteiger partial charge on any atom is 0.251 e. The van der Waals surface area contributed by atoms with Crippen molar-refractivity contribution < 1.29 is 4.79 Å². The summed E-state index contributed by atoms with van der Waals surface area (Å²) >= 11 is 0. The Morgan fingerprint density at radius 1 is 1.09 bits per heavy atom. The molecule has 0 saturated carbocycles. The molecule has 1 heterocycles. The molecule has 0 atom stereocenters. The zero-order valence-electron chi connectivity index (χ0n) is 13.3. The largest absolute Gasteiger partial charge is 0.348 e. The van der Waals surface area contributed by atoms with Crippen molar-refractivity contribution in [3.8, 4) is 0 Å². The molecule has 0 fully saturated rings. The quantitative estimate of drug-likeness (QED) is 0.923. The van der Waals surface area contributed by atoms with Crippen LogP contribution in [-0.4, -0.2) is 10.9 Å². The number of carbonyl (C=O) groups excluding carboxylic acids is 1. The molecule has 1 aromatic carbocycles. The van der Waals surface area contributed by atoms with Crippen molar-refractivity contribution in [2.45, 2.75) is 27.3 Å². The first kappa shape index (κ1) is 16.0. The Morgan fingerprint density at radius 3 is 2.32 bits per heavy atom. The average molecular weight is 294 g/mol. The minimum absolute atomic E-state index is 0.0665. The van der Waals surface area contributed by atoms with Crippen molar-refractivity contribution in [2.24, 2.45) is 5.41 Å². The molecular weight excluding hydrogens is 272 g/mol. The lowest BCUT2D eigenvalue weighted by Gasteiger charge is -2.11. The number of nitrogens with zero attached hydrogens (tertiary/aromatic N) is 1. The summed E-state index contributed by atoms with van der Waals surface area (Å²) in [6.45, 7) is 6.98. The van der Waals surface area contributed by atoms with E-state index in [1.165, 1.54) is 0 Å². The zero-order chi connectivity index (χ0) is 16.0. The Balaban J connectivity index is 1.95. The predicted molar refractivity (Wildman–Crippen MR) is 90.3 cm³/mol. The number of carbonyl (C=O) groups is 1. The van der Waals surface area contributed by atoms with Crippen LogP contribution >= 0.6 is 0 Å². The number of hydrogen-bond acceptors (Lipinski definition) is 2. The van der Waals surface area contributed by atoms with Gasteiger partial charge in [-0.2, -0.15) is 0 Å². The molecule has 0 aliphatic rings. The number of aromatic nitrogens is 1. The topological polar surface area (TPSA) is 42.0 Å². The van der Waals surface area contributed by atoms with Crippen LogP contribution < -0.4 is 5.32 Å². The lowest BCUT2D eigenvalue weighted by molar-refractivity contribution is 0.0951. The number of allylic oxidation sites excluding steroid dienone is 1. The molecule has 0 aliphatic carbocycles. The smallest absolute Gasteiger partial charge is 0.251 e. The summed E-state index contributed by atoms with van der Waals surface area (Å²) in [5, 5.41) is 2.91. The molecule has 22 heavy (non-hydrogen) atoms. The average Bonchev–Trinajstić information content (AvgIpc) is 2.51. The molecule has 0 radical (unpaired) electrons. The Bertz CT molecular complexity index is 637. The molecule has 3 nitrogen and oxygen atoms in total. The summed E-state index contributed by atoms with van der Waals surface area (Å²) in [6.07, 6.45) is 7.68. The highest BCUT2D eigenvalue weighted by molar-refractivity contribution is 5.94. The molecule has 2 rings (SSSR count). The van der Waals surface area contributed by atoms with Crippen molar-refractivity contribution in [3.05, 3.63) is 71.6 Å². The van der Waals surface area contributed by atoms with Crippen LogP contribution in [0.3, 0.4) is 0 Å². The van der Waals surface area contributed by atoms with Gasteiger partial charge in [0.25, 0.3) is 5.91 Å². The number of amides is 1. The molecule has 114 valence electrons.